The Kier molecular flexibility index (Phi) is 3.75. The maximum absolute atomic E-state index is 13.4. The van der Waals surface area contributed by atoms with Gasteiger partial charge in [0.2, 0.25) is 5.95 Å². The second kappa shape index (κ2) is 6.30. The van der Waals surface area contributed by atoms with Crippen molar-refractivity contribution in [2.45, 2.75) is 24.8 Å². The number of anilines is 1. The van der Waals surface area contributed by atoms with Crippen LogP contribution >= 0.6 is 0 Å². The molecule has 0 fully saturated rings. The van der Waals surface area contributed by atoms with Crippen molar-refractivity contribution in [1.82, 2.24) is 14.8 Å². The molecule has 2 heterocycles. The maximum Gasteiger partial charge on any atom is 0.226 e. The molecule has 7 heteroatoms. The second-order valence-corrected chi connectivity index (χ2v) is 7.09. The number of allylic oxidation sites excluding steroid dienone is 2. The van der Waals surface area contributed by atoms with Gasteiger partial charge in [0.15, 0.2) is 5.78 Å². The topological polar surface area (TPSA) is 80.0 Å². The molecule has 0 spiro atoms. The molecule has 0 saturated heterocycles. The minimum Gasteiger partial charge on any atom is -0.508 e. The van der Waals surface area contributed by atoms with Gasteiger partial charge in [0.1, 0.15) is 23.9 Å². The fourth-order valence-electron chi connectivity index (χ4n) is 4.16. The summed E-state index contributed by atoms with van der Waals surface area (Å²) >= 11 is 0. The van der Waals surface area contributed by atoms with E-state index in [0.717, 1.165) is 16.8 Å². The first-order chi connectivity index (χ1) is 13.6. The number of fused-ring (bicyclic) bond motifs is 1. The van der Waals surface area contributed by atoms with Crippen molar-refractivity contribution < 1.29 is 14.3 Å². The van der Waals surface area contributed by atoms with E-state index in [0.29, 0.717) is 24.4 Å². The number of benzene rings is 2. The fourth-order valence-corrected chi connectivity index (χ4v) is 4.16. The molecule has 0 saturated carbocycles. The largest absolute Gasteiger partial charge is 0.508 e. The minimum atomic E-state index is -0.452. The summed E-state index contributed by atoms with van der Waals surface area (Å²) in [7, 11) is 0. The third kappa shape index (κ3) is 2.58. The number of Topliss-reactive ketones (excluding diaryl/α,β-unsaturated/α-hetero) is 1. The fraction of sp³-hybridized carbons (Fsp3) is 0.190. The number of halogens is 1. The summed E-state index contributed by atoms with van der Waals surface area (Å²) in [5.41, 5.74) is 2.93. The quantitative estimate of drug-likeness (QED) is 0.715. The lowest BCUT2D eigenvalue weighted by Gasteiger charge is -2.35. The number of nitrogens with zero attached hydrogens (tertiary/aromatic N) is 3. The van der Waals surface area contributed by atoms with E-state index in [1.165, 1.54) is 18.5 Å². The van der Waals surface area contributed by atoms with Crippen LogP contribution in [0.15, 0.2) is 66.1 Å². The molecule has 2 N–H and O–H groups in total. The van der Waals surface area contributed by atoms with Crippen LogP contribution in [-0.2, 0) is 4.79 Å². The molecule has 2 aliphatic rings. The Morgan fingerprint density at radius 1 is 1.11 bits per heavy atom. The standard InChI is InChI=1S/C21H17FN4O2/c22-14-7-5-12(6-8-14)20-19-16(25-21-23-11-24-26(20)21)9-13(10-18(19)28)15-3-1-2-4-17(15)27/h1-8,11,13,20,27H,9-10H2,(H,23,24,25)/t13-,20-/m1/s1. The minimum absolute atomic E-state index is 0.0162. The highest BCUT2D eigenvalue weighted by Crippen LogP contribution is 2.45. The number of rotatable bonds is 2. The van der Waals surface area contributed by atoms with Crippen molar-refractivity contribution in [2.24, 2.45) is 0 Å². The summed E-state index contributed by atoms with van der Waals surface area (Å²) in [5, 5.41) is 17.7. The predicted molar refractivity (Wildman–Crippen MR) is 100 cm³/mol. The molecule has 6 nitrogen and oxygen atoms in total. The first kappa shape index (κ1) is 16.7. The molecule has 0 radical (unpaired) electrons. The van der Waals surface area contributed by atoms with Crippen molar-refractivity contribution in [3.8, 4) is 5.75 Å². The van der Waals surface area contributed by atoms with Crippen LogP contribution in [0.3, 0.4) is 0 Å². The molecule has 0 bridgehead atoms. The smallest absolute Gasteiger partial charge is 0.226 e. The van der Waals surface area contributed by atoms with Crippen LogP contribution in [0.1, 0.15) is 35.9 Å². The lowest BCUT2D eigenvalue weighted by Crippen LogP contribution is -2.33. The molecule has 3 aromatic rings. The monoisotopic (exact) mass is 376 g/mol. The number of carbonyl (C=O) groups excluding carboxylic acids is 1. The Morgan fingerprint density at radius 3 is 2.68 bits per heavy atom. The molecular weight excluding hydrogens is 359 g/mol. The van der Waals surface area contributed by atoms with E-state index in [1.807, 2.05) is 12.1 Å². The van der Waals surface area contributed by atoms with Crippen LogP contribution in [0, 0.1) is 5.82 Å². The summed E-state index contributed by atoms with van der Waals surface area (Å²) in [6, 6.07) is 12.8. The number of carbonyl (C=O) groups is 1. The highest BCUT2D eigenvalue weighted by atomic mass is 19.1. The van der Waals surface area contributed by atoms with Crippen molar-refractivity contribution in [1.29, 1.82) is 0 Å². The Morgan fingerprint density at radius 2 is 1.89 bits per heavy atom. The van der Waals surface area contributed by atoms with Gasteiger partial charge in [-0.05, 0) is 35.7 Å². The highest BCUT2D eigenvalue weighted by molar-refractivity contribution is 6.00. The van der Waals surface area contributed by atoms with E-state index >= 15 is 0 Å². The second-order valence-electron chi connectivity index (χ2n) is 7.09. The molecule has 1 aliphatic heterocycles. The Bertz CT molecular complexity index is 1100. The molecule has 1 aliphatic carbocycles. The molecule has 5 rings (SSSR count). The van der Waals surface area contributed by atoms with Gasteiger partial charge in [-0.1, -0.05) is 30.3 Å². The zero-order valence-electron chi connectivity index (χ0n) is 14.8. The Balaban J connectivity index is 1.61. The lowest BCUT2D eigenvalue weighted by molar-refractivity contribution is -0.116. The predicted octanol–water partition coefficient (Wildman–Crippen LogP) is 3.54. The zero-order chi connectivity index (χ0) is 19.3. The van der Waals surface area contributed by atoms with Crippen molar-refractivity contribution in [3.05, 3.63) is 83.1 Å². The average molecular weight is 376 g/mol. The van der Waals surface area contributed by atoms with Gasteiger partial charge in [-0.25, -0.2) is 9.07 Å². The number of aromatic hydroxyl groups is 1. The van der Waals surface area contributed by atoms with Crippen LogP contribution in [-0.4, -0.2) is 25.7 Å². The average Bonchev–Trinajstić information content (AvgIpc) is 3.15. The van der Waals surface area contributed by atoms with E-state index in [4.69, 9.17) is 0 Å². The summed E-state index contributed by atoms with van der Waals surface area (Å²) in [6.45, 7) is 0. The maximum atomic E-state index is 13.4. The molecule has 0 unspecified atom stereocenters. The van der Waals surface area contributed by atoms with E-state index < -0.39 is 6.04 Å². The summed E-state index contributed by atoms with van der Waals surface area (Å²) in [5.74, 6) is 0.262. The third-order valence-corrected chi connectivity index (χ3v) is 5.42. The first-order valence-electron chi connectivity index (χ1n) is 9.08. The van der Waals surface area contributed by atoms with E-state index in [-0.39, 0.29) is 23.3 Å². The van der Waals surface area contributed by atoms with E-state index in [9.17, 15) is 14.3 Å². The SMILES string of the molecule is O=C1C[C@H](c2ccccc2O)CC2=C1[C@@H](c1ccc(F)cc1)n1ncnc1N2. The summed E-state index contributed by atoms with van der Waals surface area (Å²) < 4.78 is 15.1. The number of aromatic nitrogens is 3. The number of para-hydroxylation sites is 1. The Hall–Kier alpha value is -3.48. The summed E-state index contributed by atoms with van der Waals surface area (Å²) in [4.78, 5) is 17.4. The number of hydrogen-bond acceptors (Lipinski definition) is 5. The van der Waals surface area contributed by atoms with Gasteiger partial charge >= 0.3 is 0 Å². The van der Waals surface area contributed by atoms with Gasteiger partial charge in [0.05, 0.1) is 0 Å². The van der Waals surface area contributed by atoms with Gasteiger partial charge in [-0.2, -0.15) is 10.1 Å². The van der Waals surface area contributed by atoms with E-state index in [2.05, 4.69) is 15.4 Å². The van der Waals surface area contributed by atoms with Crippen LogP contribution in [0.25, 0.3) is 0 Å². The molecule has 28 heavy (non-hydrogen) atoms. The Labute approximate surface area is 160 Å². The number of phenolic OH excluding ortho intramolecular Hbond substituents is 1. The number of ketones is 1. The van der Waals surface area contributed by atoms with Gasteiger partial charge < -0.3 is 10.4 Å². The van der Waals surface area contributed by atoms with Crippen LogP contribution in [0.2, 0.25) is 0 Å². The van der Waals surface area contributed by atoms with Gasteiger partial charge in [-0.3, -0.25) is 4.79 Å². The van der Waals surface area contributed by atoms with Crippen molar-refractivity contribution in [2.75, 3.05) is 5.32 Å². The molecule has 1 aromatic heterocycles. The van der Waals surface area contributed by atoms with Gasteiger partial charge in [0.25, 0.3) is 0 Å². The molecule has 2 aromatic carbocycles. The number of phenols is 1. The van der Waals surface area contributed by atoms with Gasteiger partial charge in [0, 0.05) is 23.6 Å². The van der Waals surface area contributed by atoms with Gasteiger partial charge in [-0.15, -0.1) is 0 Å². The zero-order valence-corrected chi connectivity index (χ0v) is 14.8. The molecule has 0 amide bonds. The van der Waals surface area contributed by atoms with Crippen LogP contribution < -0.4 is 5.32 Å². The molecule has 2 atom stereocenters. The van der Waals surface area contributed by atoms with Crippen molar-refractivity contribution >= 4 is 11.7 Å². The normalized spacial score (nSPS) is 21.1. The van der Waals surface area contributed by atoms with Crippen LogP contribution in [0.4, 0.5) is 10.3 Å². The highest BCUT2D eigenvalue weighted by Gasteiger charge is 2.39. The number of nitrogens with one attached hydrogen (secondary N) is 1. The van der Waals surface area contributed by atoms with Crippen LogP contribution in [0.5, 0.6) is 5.75 Å². The number of hydrogen-bond donors (Lipinski definition) is 2. The molecular formula is C21H17FN4O2. The lowest BCUT2D eigenvalue weighted by atomic mass is 9.77. The van der Waals surface area contributed by atoms with Crippen molar-refractivity contribution in [3.63, 3.8) is 0 Å². The van der Waals surface area contributed by atoms with E-state index in [1.54, 1.807) is 28.9 Å². The first-order valence-corrected chi connectivity index (χ1v) is 9.08. The summed E-state index contributed by atoms with van der Waals surface area (Å²) in [6.07, 6.45) is 2.30. The third-order valence-electron chi connectivity index (χ3n) is 5.42. The molecule has 140 valence electrons.